The van der Waals surface area contributed by atoms with Gasteiger partial charge in [0.15, 0.2) is 0 Å². The van der Waals surface area contributed by atoms with Crippen molar-refractivity contribution in [2.24, 2.45) is 5.73 Å². The maximum atomic E-state index is 13.4. The minimum atomic E-state index is -0.414. The number of ether oxygens (including phenoxy) is 1. The molecule has 2 N–H and O–H groups in total. The fourth-order valence-electron chi connectivity index (χ4n) is 2.02. The van der Waals surface area contributed by atoms with Crippen molar-refractivity contribution >= 4 is 11.6 Å². The minimum Gasteiger partial charge on any atom is -0.494 e. The van der Waals surface area contributed by atoms with E-state index in [0.29, 0.717) is 13.0 Å². The highest BCUT2D eigenvalue weighted by Gasteiger charge is 2.09. The van der Waals surface area contributed by atoms with Gasteiger partial charge < -0.3 is 10.5 Å². The maximum Gasteiger partial charge on any atom is 0.142 e. The van der Waals surface area contributed by atoms with Gasteiger partial charge in [-0.25, -0.2) is 4.39 Å². The second-order valence-electron chi connectivity index (χ2n) is 4.56. The molecule has 1 unspecified atom stereocenters. The number of hydrogen-bond donors (Lipinski definition) is 1. The van der Waals surface area contributed by atoms with E-state index in [0.717, 1.165) is 16.9 Å². The first-order valence-electron chi connectivity index (χ1n) is 6.52. The van der Waals surface area contributed by atoms with Gasteiger partial charge in [-0.2, -0.15) is 0 Å². The molecule has 0 amide bonds. The summed E-state index contributed by atoms with van der Waals surface area (Å²) >= 11 is 5.66. The summed E-state index contributed by atoms with van der Waals surface area (Å²) < 4.78 is 18.8. The first-order chi connectivity index (χ1) is 9.60. The van der Waals surface area contributed by atoms with Crippen LogP contribution in [-0.4, -0.2) is 6.61 Å². The van der Waals surface area contributed by atoms with Gasteiger partial charge in [0, 0.05) is 6.04 Å². The average molecular weight is 294 g/mol. The van der Waals surface area contributed by atoms with Gasteiger partial charge in [0.1, 0.15) is 11.6 Å². The van der Waals surface area contributed by atoms with Crippen LogP contribution in [0.3, 0.4) is 0 Å². The third-order valence-corrected chi connectivity index (χ3v) is 3.37. The Bertz CT molecular complexity index is 571. The largest absolute Gasteiger partial charge is 0.494 e. The van der Waals surface area contributed by atoms with E-state index in [9.17, 15) is 4.39 Å². The van der Waals surface area contributed by atoms with Gasteiger partial charge in [0.25, 0.3) is 0 Å². The van der Waals surface area contributed by atoms with E-state index in [2.05, 4.69) is 0 Å². The number of rotatable bonds is 5. The van der Waals surface area contributed by atoms with Gasteiger partial charge in [-0.15, -0.1) is 0 Å². The highest BCUT2D eigenvalue weighted by Crippen LogP contribution is 2.22. The second kappa shape index (κ2) is 6.73. The number of nitrogens with two attached hydrogens (primary N) is 1. The van der Waals surface area contributed by atoms with Crippen LogP contribution in [0.1, 0.15) is 24.1 Å². The maximum absolute atomic E-state index is 13.4. The quantitative estimate of drug-likeness (QED) is 0.900. The molecule has 0 aliphatic heterocycles. The third kappa shape index (κ3) is 3.71. The highest BCUT2D eigenvalue weighted by atomic mass is 35.5. The Hall–Kier alpha value is -1.58. The lowest BCUT2D eigenvalue weighted by Crippen LogP contribution is -2.13. The molecule has 2 aromatic rings. The monoisotopic (exact) mass is 293 g/mol. The van der Waals surface area contributed by atoms with Crippen molar-refractivity contribution in [1.29, 1.82) is 0 Å². The lowest BCUT2D eigenvalue weighted by molar-refractivity contribution is 0.340. The molecule has 0 radical (unpaired) electrons. The Kier molecular flexibility index (Phi) is 4.99. The van der Waals surface area contributed by atoms with Crippen molar-refractivity contribution in [2.75, 3.05) is 6.61 Å². The van der Waals surface area contributed by atoms with Crippen LogP contribution in [0.15, 0.2) is 42.5 Å². The zero-order valence-electron chi connectivity index (χ0n) is 11.3. The Morgan fingerprint density at radius 1 is 1.20 bits per heavy atom. The van der Waals surface area contributed by atoms with Gasteiger partial charge in [-0.1, -0.05) is 29.8 Å². The van der Waals surface area contributed by atoms with Crippen molar-refractivity contribution in [3.63, 3.8) is 0 Å². The highest BCUT2D eigenvalue weighted by molar-refractivity contribution is 6.30. The van der Waals surface area contributed by atoms with Crippen molar-refractivity contribution in [2.45, 2.75) is 19.4 Å². The van der Waals surface area contributed by atoms with Crippen molar-refractivity contribution in [1.82, 2.24) is 0 Å². The fraction of sp³-hybridized carbons (Fsp3) is 0.250. The number of benzene rings is 2. The van der Waals surface area contributed by atoms with Gasteiger partial charge >= 0.3 is 0 Å². The molecule has 2 rings (SSSR count). The third-order valence-electron chi connectivity index (χ3n) is 3.06. The molecule has 0 saturated carbocycles. The lowest BCUT2D eigenvalue weighted by Gasteiger charge is -2.13. The van der Waals surface area contributed by atoms with Gasteiger partial charge in [-0.05, 0) is 48.7 Å². The van der Waals surface area contributed by atoms with Crippen LogP contribution < -0.4 is 10.5 Å². The molecule has 0 aromatic heterocycles. The summed E-state index contributed by atoms with van der Waals surface area (Å²) in [6.45, 7) is 2.57. The first kappa shape index (κ1) is 14.8. The molecular weight excluding hydrogens is 277 g/mol. The smallest absolute Gasteiger partial charge is 0.142 e. The average Bonchev–Trinajstić information content (AvgIpc) is 2.44. The van der Waals surface area contributed by atoms with E-state index in [1.54, 1.807) is 12.1 Å². The number of halogens is 2. The van der Waals surface area contributed by atoms with E-state index >= 15 is 0 Å². The Morgan fingerprint density at radius 3 is 2.50 bits per heavy atom. The fourth-order valence-corrected chi connectivity index (χ4v) is 2.13. The van der Waals surface area contributed by atoms with Crippen molar-refractivity contribution < 1.29 is 9.13 Å². The van der Waals surface area contributed by atoms with Gasteiger partial charge in [0.2, 0.25) is 0 Å². The molecule has 4 heteroatoms. The summed E-state index contributed by atoms with van der Waals surface area (Å²) in [5.74, 6) is 0.407. The van der Waals surface area contributed by atoms with Crippen LogP contribution in [0.4, 0.5) is 4.39 Å². The van der Waals surface area contributed by atoms with Crippen LogP contribution >= 0.6 is 11.6 Å². The lowest BCUT2D eigenvalue weighted by atomic mass is 9.99. The van der Waals surface area contributed by atoms with Crippen molar-refractivity contribution in [3.8, 4) is 5.75 Å². The molecule has 0 saturated heterocycles. The molecule has 106 valence electrons. The van der Waals surface area contributed by atoms with E-state index in [1.807, 2.05) is 31.2 Å². The molecule has 0 spiro atoms. The first-order valence-corrected chi connectivity index (χ1v) is 6.90. The Balaban J connectivity index is 2.06. The molecule has 20 heavy (non-hydrogen) atoms. The van der Waals surface area contributed by atoms with Crippen LogP contribution in [-0.2, 0) is 6.42 Å². The van der Waals surface area contributed by atoms with E-state index in [-0.39, 0.29) is 11.1 Å². The zero-order valence-corrected chi connectivity index (χ0v) is 12.0. The summed E-state index contributed by atoms with van der Waals surface area (Å²) in [5.41, 5.74) is 7.96. The normalized spacial score (nSPS) is 12.2. The summed E-state index contributed by atoms with van der Waals surface area (Å²) in [6, 6.07) is 12.2. The molecule has 0 fully saturated rings. The molecule has 2 aromatic carbocycles. The SMILES string of the molecule is CCOc1ccc(C(N)Cc2ccc(Cl)c(F)c2)cc1. The summed E-state index contributed by atoms with van der Waals surface area (Å²) in [4.78, 5) is 0. The molecule has 1 atom stereocenters. The van der Waals surface area contributed by atoms with Gasteiger partial charge in [0.05, 0.1) is 11.6 Å². The van der Waals surface area contributed by atoms with Crippen LogP contribution in [0.25, 0.3) is 0 Å². The standard InChI is InChI=1S/C16H17ClFNO/c1-2-20-13-6-4-12(5-7-13)16(19)10-11-3-8-14(17)15(18)9-11/h3-9,16H,2,10,19H2,1H3. The van der Waals surface area contributed by atoms with Crippen molar-refractivity contribution in [3.05, 3.63) is 64.4 Å². The predicted molar refractivity (Wildman–Crippen MR) is 79.7 cm³/mol. The van der Waals surface area contributed by atoms with Gasteiger partial charge in [-0.3, -0.25) is 0 Å². The molecular formula is C16H17ClFNO. The minimum absolute atomic E-state index is 0.128. The summed E-state index contributed by atoms with van der Waals surface area (Å²) in [5, 5.41) is 0.128. The molecule has 0 heterocycles. The van der Waals surface area contributed by atoms with E-state index in [4.69, 9.17) is 22.1 Å². The zero-order chi connectivity index (χ0) is 14.5. The Morgan fingerprint density at radius 2 is 1.90 bits per heavy atom. The topological polar surface area (TPSA) is 35.2 Å². The summed E-state index contributed by atoms with van der Waals surface area (Å²) in [7, 11) is 0. The van der Waals surface area contributed by atoms with E-state index in [1.165, 1.54) is 6.07 Å². The Labute approximate surface area is 123 Å². The van der Waals surface area contributed by atoms with Crippen LogP contribution in [0.2, 0.25) is 5.02 Å². The number of hydrogen-bond acceptors (Lipinski definition) is 2. The second-order valence-corrected chi connectivity index (χ2v) is 4.97. The van der Waals surface area contributed by atoms with Crippen LogP contribution in [0.5, 0.6) is 5.75 Å². The predicted octanol–water partition coefficient (Wildman–Crippen LogP) is 4.12. The molecule has 0 aliphatic rings. The molecule has 0 bridgehead atoms. The summed E-state index contributed by atoms with van der Waals surface area (Å²) in [6.07, 6.45) is 0.558. The van der Waals surface area contributed by atoms with Crippen LogP contribution in [0, 0.1) is 5.82 Å². The molecule has 0 aliphatic carbocycles. The van der Waals surface area contributed by atoms with E-state index < -0.39 is 5.82 Å². The molecule has 2 nitrogen and oxygen atoms in total.